The van der Waals surface area contributed by atoms with Crippen molar-refractivity contribution in [2.75, 3.05) is 13.6 Å². The quantitative estimate of drug-likeness (QED) is 0.107. The van der Waals surface area contributed by atoms with Gasteiger partial charge in [-0.1, -0.05) is 155 Å². The normalized spacial score (nSPS) is 28.5. The van der Waals surface area contributed by atoms with E-state index in [0.717, 1.165) is 12.8 Å². The third-order valence-corrected chi connectivity index (χ3v) is 10.9. The first-order valence-electron chi connectivity index (χ1n) is 18.2. The smallest absolute Gasteiger partial charge is 0.143 e. The van der Waals surface area contributed by atoms with Crippen molar-refractivity contribution < 1.29 is 19.7 Å². The fourth-order valence-electron chi connectivity index (χ4n) is 8.79. The summed E-state index contributed by atoms with van der Waals surface area (Å²) in [7, 11) is 0. The number of hydrogen-bond donors (Lipinski definition) is 2. The van der Waals surface area contributed by atoms with Crippen LogP contribution in [0.2, 0.25) is 0 Å². The van der Waals surface area contributed by atoms with Crippen molar-refractivity contribution in [3.05, 3.63) is 0 Å². The standard InChI is InChI=1S/C36H70O4/c1-3-5-7-9-11-15-21-27-35(29-23-17-13-19-25-33(35)39-31-37)36(28-22-16-12-10-8-6-4-2)30-24-18-14-20-26-34(36)40-32-38/h33-34,37-38H,3-32H2,1-2H3. The van der Waals surface area contributed by atoms with Crippen molar-refractivity contribution in [2.45, 2.75) is 206 Å². The average molecular weight is 567 g/mol. The second kappa shape index (κ2) is 22.4. The van der Waals surface area contributed by atoms with Gasteiger partial charge in [0.15, 0.2) is 0 Å². The van der Waals surface area contributed by atoms with E-state index < -0.39 is 0 Å². The molecular weight excluding hydrogens is 496 g/mol. The van der Waals surface area contributed by atoms with Crippen LogP contribution in [-0.4, -0.2) is 36.0 Å². The zero-order valence-corrected chi connectivity index (χ0v) is 27.1. The molecule has 0 aromatic carbocycles. The van der Waals surface area contributed by atoms with Gasteiger partial charge in [-0.05, 0) is 38.5 Å². The Bertz CT molecular complexity index is 533. The van der Waals surface area contributed by atoms with Gasteiger partial charge in [-0.15, -0.1) is 0 Å². The summed E-state index contributed by atoms with van der Waals surface area (Å²) >= 11 is 0. The molecule has 0 amide bonds. The highest BCUT2D eigenvalue weighted by Crippen LogP contribution is 2.61. The second-order valence-electron chi connectivity index (χ2n) is 13.5. The maximum absolute atomic E-state index is 10.2. The summed E-state index contributed by atoms with van der Waals surface area (Å²) in [5.74, 6) is 0. The number of aliphatic hydroxyl groups excluding tert-OH is 2. The van der Waals surface area contributed by atoms with Crippen LogP contribution in [0.5, 0.6) is 0 Å². The van der Waals surface area contributed by atoms with Crippen molar-refractivity contribution >= 4 is 0 Å². The molecule has 0 radical (unpaired) electrons. The summed E-state index contributed by atoms with van der Waals surface area (Å²) in [5, 5.41) is 20.4. The molecule has 2 saturated carbocycles. The molecule has 4 nitrogen and oxygen atoms in total. The topological polar surface area (TPSA) is 58.9 Å². The minimum atomic E-state index is -0.178. The molecule has 0 aromatic heterocycles. The Balaban J connectivity index is 2.40. The molecule has 0 aromatic rings. The van der Waals surface area contributed by atoms with Gasteiger partial charge in [-0.25, -0.2) is 0 Å². The molecule has 2 fully saturated rings. The Kier molecular flexibility index (Phi) is 20.2. The molecule has 2 rings (SSSR count). The first kappa shape index (κ1) is 36.0. The summed E-state index contributed by atoms with van der Waals surface area (Å²) in [4.78, 5) is 0. The number of rotatable bonds is 21. The Morgan fingerprint density at radius 2 is 0.825 bits per heavy atom. The lowest BCUT2D eigenvalue weighted by Gasteiger charge is -2.59. The van der Waals surface area contributed by atoms with E-state index in [-0.39, 0.29) is 36.6 Å². The third kappa shape index (κ3) is 11.5. The van der Waals surface area contributed by atoms with E-state index in [1.807, 2.05) is 0 Å². The van der Waals surface area contributed by atoms with E-state index in [1.54, 1.807) is 0 Å². The van der Waals surface area contributed by atoms with Crippen molar-refractivity contribution in [1.29, 1.82) is 0 Å². The summed E-state index contributed by atoms with van der Waals surface area (Å²) < 4.78 is 12.9. The number of ether oxygens (including phenoxy) is 2. The predicted molar refractivity (Wildman–Crippen MR) is 169 cm³/mol. The lowest BCUT2D eigenvalue weighted by atomic mass is 9.49. The van der Waals surface area contributed by atoms with Gasteiger partial charge >= 0.3 is 0 Å². The van der Waals surface area contributed by atoms with Crippen LogP contribution in [0, 0.1) is 10.8 Å². The first-order valence-corrected chi connectivity index (χ1v) is 18.2. The van der Waals surface area contributed by atoms with Gasteiger partial charge in [0.25, 0.3) is 0 Å². The maximum atomic E-state index is 10.2. The highest BCUT2D eigenvalue weighted by molar-refractivity contribution is 5.07. The minimum Gasteiger partial charge on any atom is -0.371 e. The average Bonchev–Trinajstić information content (AvgIpc) is 2.94. The van der Waals surface area contributed by atoms with Gasteiger partial charge in [-0.2, -0.15) is 0 Å². The fraction of sp³-hybridized carbons (Fsp3) is 1.00. The molecule has 2 aliphatic rings. The van der Waals surface area contributed by atoms with E-state index in [2.05, 4.69) is 13.8 Å². The van der Waals surface area contributed by atoms with Crippen LogP contribution in [0.1, 0.15) is 194 Å². The molecule has 0 aliphatic heterocycles. The van der Waals surface area contributed by atoms with E-state index in [0.29, 0.717) is 0 Å². The Labute approximate surface area is 249 Å². The minimum absolute atomic E-state index is 0.0129. The largest absolute Gasteiger partial charge is 0.371 e. The molecule has 0 spiro atoms. The van der Waals surface area contributed by atoms with Gasteiger partial charge in [0, 0.05) is 10.8 Å². The van der Waals surface area contributed by atoms with Crippen molar-refractivity contribution in [3.63, 3.8) is 0 Å². The van der Waals surface area contributed by atoms with Crippen LogP contribution in [0.25, 0.3) is 0 Å². The molecule has 0 heterocycles. The van der Waals surface area contributed by atoms with Gasteiger partial charge in [0.2, 0.25) is 0 Å². The number of aliphatic hydroxyl groups is 2. The summed E-state index contributed by atoms with van der Waals surface area (Å²) in [6.45, 7) is 4.24. The second-order valence-corrected chi connectivity index (χ2v) is 13.5. The molecule has 2 aliphatic carbocycles. The zero-order valence-electron chi connectivity index (χ0n) is 27.1. The van der Waals surface area contributed by atoms with E-state index in [4.69, 9.17) is 9.47 Å². The molecule has 4 heteroatoms. The summed E-state index contributed by atoms with van der Waals surface area (Å²) in [6.07, 6.45) is 35.7. The van der Waals surface area contributed by atoms with E-state index >= 15 is 0 Å². The first-order chi connectivity index (χ1) is 19.7. The van der Waals surface area contributed by atoms with Crippen LogP contribution in [0.3, 0.4) is 0 Å². The molecule has 0 saturated heterocycles. The lowest BCUT2D eigenvalue weighted by Crippen LogP contribution is -2.58. The zero-order chi connectivity index (χ0) is 28.8. The summed E-state index contributed by atoms with van der Waals surface area (Å²) in [5.41, 5.74) is 0.0257. The SMILES string of the molecule is CCCCCCCCCC1(C2(CCCCCCCCC)CCCCCCC2OCO)CCCCCCC1OCO. The number of hydrogen-bond acceptors (Lipinski definition) is 4. The maximum Gasteiger partial charge on any atom is 0.143 e. The van der Waals surface area contributed by atoms with E-state index in [1.165, 1.54) is 167 Å². The molecule has 40 heavy (non-hydrogen) atoms. The third-order valence-electron chi connectivity index (χ3n) is 10.9. The van der Waals surface area contributed by atoms with Crippen LogP contribution in [-0.2, 0) is 9.47 Å². The van der Waals surface area contributed by atoms with E-state index in [9.17, 15) is 10.2 Å². The summed E-state index contributed by atoms with van der Waals surface area (Å²) in [6, 6.07) is 0. The van der Waals surface area contributed by atoms with Crippen LogP contribution in [0.4, 0.5) is 0 Å². The molecule has 238 valence electrons. The predicted octanol–water partition coefficient (Wildman–Crippen LogP) is 10.6. The van der Waals surface area contributed by atoms with Crippen LogP contribution >= 0.6 is 0 Å². The van der Waals surface area contributed by atoms with Gasteiger partial charge < -0.3 is 19.7 Å². The molecule has 4 unspecified atom stereocenters. The molecule has 4 atom stereocenters. The van der Waals surface area contributed by atoms with Crippen molar-refractivity contribution in [1.82, 2.24) is 0 Å². The fourth-order valence-corrected chi connectivity index (χ4v) is 8.79. The van der Waals surface area contributed by atoms with Gasteiger partial charge in [0.1, 0.15) is 13.6 Å². The van der Waals surface area contributed by atoms with Gasteiger partial charge in [0.05, 0.1) is 12.2 Å². The Hall–Kier alpha value is -0.160. The van der Waals surface area contributed by atoms with Crippen molar-refractivity contribution in [3.8, 4) is 0 Å². The highest BCUT2D eigenvalue weighted by Gasteiger charge is 2.58. The molecule has 2 N–H and O–H groups in total. The monoisotopic (exact) mass is 567 g/mol. The van der Waals surface area contributed by atoms with Crippen LogP contribution in [0.15, 0.2) is 0 Å². The molecule has 0 bridgehead atoms. The Morgan fingerprint density at radius 1 is 0.475 bits per heavy atom. The molecular formula is C36H70O4. The number of unbranched alkanes of at least 4 members (excludes halogenated alkanes) is 12. The van der Waals surface area contributed by atoms with Crippen LogP contribution < -0.4 is 0 Å². The Morgan fingerprint density at radius 3 is 1.20 bits per heavy atom. The highest BCUT2D eigenvalue weighted by atomic mass is 16.6. The van der Waals surface area contributed by atoms with Gasteiger partial charge in [-0.3, -0.25) is 0 Å². The van der Waals surface area contributed by atoms with Crippen molar-refractivity contribution in [2.24, 2.45) is 10.8 Å². The lowest BCUT2D eigenvalue weighted by molar-refractivity contribution is -0.223.